The van der Waals surface area contributed by atoms with Crippen molar-refractivity contribution in [2.45, 2.75) is 45.7 Å². The van der Waals surface area contributed by atoms with Crippen LogP contribution < -0.4 is 10.1 Å². The van der Waals surface area contributed by atoms with E-state index < -0.39 is 6.04 Å². The van der Waals surface area contributed by atoms with Gasteiger partial charge in [-0.15, -0.1) is 0 Å². The van der Waals surface area contributed by atoms with E-state index in [9.17, 15) is 9.59 Å². The molecular weight excluding hydrogens is 352 g/mol. The Morgan fingerprint density at radius 1 is 1.07 bits per heavy atom. The molecule has 2 aromatic carbocycles. The van der Waals surface area contributed by atoms with Crippen LogP contribution in [0.1, 0.15) is 37.3 Å². The zero-order valence-corrected chi connectivity index (χ0v) is 17.0. The number of para-hydroxylation sites is 1. The van der Waals surface area contributed by atoms with Gasteiger partial charge in [0.1, 0.15) is 11.8 Å². The van der Waals surface area contributed by atoms with E-state index in [4.69, 9.17) is 4.74 Å². The number of likely N-dealkylation sites (N-methyl/N-ethyl adjacent to an activating group) is 1. The van der Waals surface area contributed by atoms with Gasteiger partial charge in [-0.2, -0.15) is 0 Å². The maximum absolute atomic E-state index is 12.9. The van der Waals surface area contributed by atoms with Crippen molar-refractivity contribution in [3.8, 4) is 5.75 Å². The molecule has 0 fully saturated rings. The van der Waals surface area contributed by atoms with Crippen LogP contribution in [0.5, 0.6) is 5.75 Å². The van der Waals surface area contributed by atoms with Gasteiger partial charge in [-0.25, -0.2) is 0 Å². The predicted molar refractivity (Wildman–Crippen MR) is 111 cm³/mol. The first-order chi connectivity index (χ1) is 13.5. The van der Waals surface area contributed by atoms with Gasteiger partial charge >= 0.3 is 0 Å². The molecule has 28 heavy (non-hydrogen) atoms. The van der Waals surface area contributed by atoms with E-state index >= 15 is 0 Å². The number of nitrogens with zero attached hydrogens (tertiary/aromatic N) is 1. The first-order valence-corrected chi connectivity index (χ1v) is 9.79. The average Bonchev–Trinajstić information content (AvgIpc) is 2.72. The van der Waals surface area contributed by atoms with Crippen LogP contribution in [-0.4, -0.2) is 36.4 Å². The predicted octanol–water partition coefficient (Wildman–Crippen LogP) is 3.71. The molecule has 0 spiro atoms. The van der Waals surface area contributed by atoms with E-state index in [1.807, 2.05) is 68.4 Å². The molecule has 5 nitrogen and oxygen atoms in total. The van der Waals surface area contributed by atoms with Gasteiger partial charge in [-0.1, -0.05) is 55.0 Å². The summed E-state index contributed by atoms with van der Waals surface area (Å²) in [6, 6.07) is 17.1. The van der Waals surface area contributed by atoms with Crippen molar-refractivity contribution in [3.63, 3.8) is 0 Å². The molecule has 0 radical (unpaired) electrons. The summed E-state index contributed by atoms with van der Waals surface area (Å²) in [7, 11) is 1.60. The van der Waals surface area contributed by atoms with E-state index in [1.54, 1.807) is 11.9 Å². The second-order valence-corrected chi connectivity index (χ2v) is 6.81. The molecule has 1 N–H and O–H groups in total. The van der Waals surface area contributed by atoms with Crippen LogP contribution in [0.2, 0.25) is 0 Å². The molecule has 2 rings (SSSR count). The fraction of sp³-hybridized carbons (Fsp3) is 0.391. The summed E-state index contributed by atoms with van der Waals surface area (Å²) in [6.07, 6.45) is 1.51. The minimum atomic E-state index is -0.478. The first-order valence-electron chi connectivity index (χ1n) is 9.79. The van der Waals surface area contributed by atoms with Gasteiger partial charge in [-0.3, -0.25) is 9.59 Å². The summed E-state index contributed by atoms with van der Waals surface area (Å²) in [6.45, 7) is 4.84. The summed E-state index contributed by atoms with van der Waals surface area (Å²) in [5.41, 5.74) is 2.18. The monoisotopic (exact) mass is 382 g/mol. The molecular formula is C23H30N2O3. The molecule has 0 unspecified atom stereocenters. The van der Waals surface area contributed by atoms with E-state index in [0.29, 0.717) is 32.4 Å². The van der Waals surface area contributed by atoms with E-state index in [0.717, 1.165) is 16.9 Å². The third-order valence-corrected chi connectivity index (χ3v) is 4.65. The van der Waals surface area contributed by atoms with Gasteiger partial charge < -0.3 is 15.0 Å². The van der Waals surface area contributed by atoms with Crippen LogP contribution in [0.15, 0.2) is 54.6 Å². The van der Waals surface area contributed by atoms with Crippen molar-refractivity contribution in [3.05, 3.63) is 65.7 Å². The first kappa shape index (κ1) is 21.5. The molecule has 0 saturated carbocycles. The average molecular weight is 383 g/mol. The fourth-order valence-electron chi connectivity index (χ4n) is 3.05. The molecule has 150 valence electrons. The lowest BCUT2D eigenvalue weighted by molar-refractivity contribution is -0.141. The number of benzene rings is 2. The highest BCUT2D eigenvalue weighted by molar-refractivity contribution is 5.87. The number of hydrogen-bond donors (Lipinski definition) is 1. The van der Waals surface area contributed by atoms with Crippen molar-refractivity contribution in [2.75, 3.05) is 13.7 Å². The van der Waals surface area contributed by atoms with Gasteiger partial charge in [0, 0.05) is 20.0 Å². The molecule has 1 atom stereocenters. The smallest absolute Gasteiger partial charge is 0.242 e. The quantitative estimate of drug-likeness (QED) is 0.637. The molecule has 2 aromatic rings. The van der Waals surface area contributed by atoms with Crippen LogP contribution >= 0.6 is 0 Å². The third-order valence-electron chi connectivity index (χ3n) is 4.65. The van der Waals surface area contributed by atoms with Gasteiger partial charge in [0.15, 0.2) is 0 Å². The van der Waals surface area contributed by atoms with Crippen molar-refractivity contribution >= 4 is 11.8 Å². The topological polar surface area (TPSA) is 58.6 Å². The summed E-state index contributed by atoms with van der Waals surface area (Å²) in [4.78, 5) is 26.9. The van der Waals surface area contributed by atoms with Crippen LogP contribution in [0, 0.1) is 6.92 Å². The number of aryl methyl sites for hydroxylation is 1. The standard InChI is InChI=1S/C23H30N2O3/c1-4-21(23(27)24-3)25(17-19-14-12-18(2)13-15-19)22(26)11-8-16-28-20-9-6-5-7-10-20/h5-7,9-10,12-15,21H,4,8,11,16-17H2,1-3H3,(H,24,27)/t21-/m1/s1. The summed E-state index contributed by atoms with van der Waals surface area (Å²) < 4.78 is 5.67. The van der Waals surface area contributed by atoms with E-state index in [-0.39, 0.29) is 11.8 Å². The van der Waals surface area contributed by atoms with Gasteiger partial charge in [0.25, 0.3) is 0 Å². The molecule has 0 aliphatic carbocycles. The van der Waals surface area contributed by atoms with Crippen LogP contribution in [0.3, 0.4) is 0 Å². The zero-order chi connectivity index (χ0) is 20.4. The molecule has 0 aromatic heterocycles. The molecule has 5 heteroatoms. The second-order valence-electron chi connectivity index (χ2n) is 6.81. The lowest BCUT2D eigenvalue weighted by Gasteiger charge is -2.30. The lowest BCUT2D eigenvalue weighted by atomic mass is 10.1. The lowest BCUT2D eigenvalue weighted by Crippen LogP contribution is -2.48. The van der Waals surface area contributed by atoms with Crippen molar-refractivity contribution in [1.82, 2.24) is 10.2 Å². The molecule has 0 aliphatic rings. The van der Waals surface area contributed by atoms with E-state index in [2.05, 4.69) is 5.32 Å². The highest BCUT2D eigenvalue weighted by Crippen LogP contribution is 2.15. The maximum atomic E-state index is 12.9. The van der Waals surface area contributed by atoms with Gasteiger partial charge in [-0.05, 0) is 37.5 Å². The zero-order valence-electron chi connectivity index (χ0n) is 17.0. The molecule has 2 amide bonds. The highest BCUT2D eigenvalue weighted by atomic mass is 16.5. The number of amides is 2. The Kier molecular flexibility index (Phi) is 8.53. The Hall–Kier alpha value is -2.82. The number of carbonyl (C=O) groups excluding carboxylic acids is 2. The molecule has 0 aliphatic heterocycles. The number of carbonyl (C=O) groups is 2. The highest BCUT2D eigenvalue weighted by Gasteiger charge is 2.27. The summed E-state index contributed by atoms with van der Waals surface area (Å²) >= 11 is 0. The third kappa shape index (κ3) is 6.41. The van der Waals surface area contributed by atoms with E-state index in [1.165, 1.54) is 0 Å². The Bertz CT molecular complexity index is 744. The largest absolute Gasteiger partial charge is 0.494 e. The van der Waals surface area contributed by atoms with Crippen molar-refractivity contribution in [1.29, 1.82) is 0 Å². The van der Waals surface area contributed by atoms with Gasteiger partial charge in [0.2, 0.25) is 11.8 Å². The van der Waals surface area contributed by atoms with Gasteiger partial charge in [0.05, 0.1) is 6.61 Å². The Balaban J connectivity index is 2.00. The minimum Gasteiger partial charge on any atom is -0.494 e. The normalized spacial score (nSPS) is 11.5. The second kappa shape index (κ2) is 11.1. The molecule has 0 saturated heterocycles. The number of nitrogens with one attached hydrogen (secondary N) is 1. The Morgan fingerprint density at radius 3 is 2.36 bits per heavy atom. The summed E-state index contributed by atoms with van der Waals surface area (Å²) in [5, 5.41) is 2.68. The summed E-state index contributed by atoms with van der Waals surface area (Å²) in [5.74, 6) is 0.624. The van der Waals surface area contributed by atoms with Crippen LogP contribution in [-0.2, 0) is 16.1 Å². The minimum absolute atomic E-state index is 0.0345. The number of ether oxygens (including phenoxy) is 1. The van der Waals surface area contributed by atoms with Crippen molar-refractivity contribution < 1.29 is 14.3 Å². The maximum Gasteiger partial charge on any atom is 0.242 e. The van der Waals surface area contributed by atoms with Crippen LogP contribution in [0.4, 0.5) is 0 Å². The SMILES string of the molecule is CC[C@H](C(=O)NC)N(Cc1ccc(C)cc1)C(=O)CCCOc1ccccc1. The Morgan fingerprint density at radius 2 is 1.75 bits per heavy atom. The number of hydrogen-bond acceptors (Lipinski definition) is 3. The Labute approximate surface area is 167 Å². The van der Waals surface area contributed by atoms with Crippen molar-refractivity contribution in [2.24, 2.45) is 0 Å². The van der Waals surface area contributed by atoms with Crippen LogP contribution in [0.25, 0.3) is 0 Å². The fourth-order valence-corrected chi connectivity index (χ4v) is 3.05. The number of rotatable bonds is 10. The molecule has 0 heterocycles. The molecule has 0 bridgehead atoms.